The summed E-state index contributed by atoms with van der Waals surface area (Å²) in [5.74, 6) is -2.10. The maximum atomic E-state index is 13.5. The van der Waals surface area contributed by atoms with Crippen LogP contribution in [0.25, 0.3) is 0 Å². The number of benzene rings is 2. The SMILES string of the molecule is COc1ccc(CN2CC(C(=O)NC(c3ccc(F)cc3)C(F)(F)F)CC2=O)cc1. The zero-order chi connectivity index (χ0) is 21.9. The normalized spacial score (nSPS) is 17.7. The van der Waals surface area contributed by atoms with Gasteiger partial charge in [-0.2, -0.15) is 13.2 Å². The van der Waals surface area contributed by atoms with Crippen molar-refractivity contribution in [3.63, 3.8) is 0 Å². The fourth-order valence-corrected chi connectivity index (χ4v) is 3.32. The Kier molecular flexibility index (Phi) is 6.28. The Morgan fingerprint density at radius 2 is 1.80 bits per heavy atom. The van der Waals surface area contributed by atoms with Crippen LogP contribution in [0, 0.1) is 11.7 Å². The second-order valence-corrected chi connectivity index (χ2v) is 7.06. The Bertz CT molecular complexity index is 898. The zero-order valence-corrected chi connectivity index (χ0v) is 16.1. The van der Waals surface area contributed by atoms with Gasteiger partial charge in [-0.3, -0.25) is 9.59 Å². The highest BCUT2D eigenvalue weighted by Crippen LogP contribution is 2.33. The Labute approximate surface area is 170 Å². The van der Waals surface area contributed by atoms with Crippen LogP contribution in [0.4, 0.5) is 17.6 Å². The van der Waals surface area contributed by atoms with E-state index in [1.165, 1.54) is 12.0 Å². The topological polar surface area (TPSA) is 58.6 Å². The lowest BCUT2D eigenvalue weighted by atomic mass is 10.0. The van der Waals surface area contributed by atoms with Crippen LogP contribution in [0.5, 0.6) is 5.75 Å². The van der Waals surface area contributed by atoms with Crippen molar-refractivity contribution in [2.45, 2.75) is 25.2 Å². The first kappa shape index (κ1) is 21.6. The molecule has 1 fully saturated rings. The van der Waals surface area contributed by atoms with Gasteiger partial charge >= 0.3 is 6.18 Å². The summed E-state index contributed by atoms with van der Waals surface area (Å²) in [5.41, 5.74) is 0.529. The molecule has 2 atom stereocenters. The molecule has 0 aromatic heterocycles. The zero-order valence-electron chi connectivity index (χ0n) is 16.1. The molecular formula is C21H20F4N2O3. The molecule has 0 radical (unpaired) electrons. The van der Waals surface area contributed by atoms with E-state index in [-0.39, 0.29) is 31.0 Å². The molecule has 160 valence electrons. The summed E-state index contributed by atoms with van der Waals surface area (Å²) >= 11 is 0. The molecular weight excluding hydrogens is 404 g/mol. The quantitative estimate of drug-likeness (QED) is 0.721. The first-order valence-electron chi connectivity index (χ1n) is 9.20. The number of carbonyl (C=O) groups excluding carboxylic acids is 2. The van der Waals surface area contributed by atoms with E-state index >= 15 is 0 Å². The third-order valence-electron chi connectivity index (χ3n) is 4.94. The number of hydrogen-bond acceptors (Lipinski definition) is 3. The number of likely N-dealkylation sites (tertiary alicyclic amines) is 1. The molecule has 1 aliphatic rings. The van der Waals surface area contributed by atoms with Gasteiger partial charge in [0.05, 0.1) is 13.0 Å². The average molecular weight is 424 g/mol. The van der Waals surface area contributed by atoms with Crippen molar-refractivity contribution in [2.75, 3.05) is 13.7 Å². The molecule has 0 spiro atoms. The smallest absolute Gasteiger partial charge is 0.412 e. The maximum Gasteiger partial charge on any atom is 0.412 e. The van der Waals surface area contributed by atoms with E-state index in [1.54, 1.807) is 24.3 Å². The molecule has 3 rings (SSSR count). The van der Waals surface area contributed by atoms with Gasteiger partial charge in [-0.05, 0) is 35.4 Å². The summed E-state index contributed by atoms with van der Waals surface area (Å²) in [6, 6.07) is 8.48. The van der Waals surface area contributed by atoms with Crippen LogP contribution in [-0.4, -0.2) is 36.5 Å². The van der Waals surface area contributed by atoms with Crippen LogP contribution in [0.1, 0.15) is 23.6 Å². The van der Waals surface area contributed by atoms with E-state index in [0.29, 0.717) is 5.75 Å². The third kappa shape index (κ3) is 5.08. The van der Waals surface area contributed by atoms with Gasteiger partial charge in [-0.1, -0.05) is 24.3 Å². The fraction of sp³-hybridized carbons (Fsp3) is 0.333. The number of ether oxygens (including phenoxy) is 1. The number of rotatable bonds is 6. The highest BCUT2D eigenvalue weighted by molar-refractivity contribution is 5.89. The second-order valence-electron chi connectivity index (χ2n) is 7.06. The minimum absolute atomic E-state index is 0.0185. The van der Waals surface area contributed by atoms with Crippen molar-refractivity contribution >= 4 is 11.8 Å². The van der Waals surface area contributed by atoms with Crippen LogP contribution in [0.3, 0.4) is 0 Å². The molecule has 1 N–H and O–H groups in total. The van der Waals surface area contributed by atoms with Crippen LogP contribution in [-0.2, 0) is 16.1 Å². The molecule has 0 aliphatic carbocycles. The van der Waals surface area contributed by atoms with E-state index in [1.807, 2.05) is 5.32 Å². The minimum atomic E-state index is -4.76. The number of methoxy groups -OCH3 is 1. The Hall–Kier alpha value is -3.10. The molecule has 1 heterocycles. The number of carbonyl (C=O) groups is 2. The monoisotopic (exact) mass is 424 g/mol. The standard InChI is InChI=1S/C21H20F4N2O3/c1-30-17-8-2-13(3-9-17)11-27-12-15(10-18(27)28)20(29)26-19(21(23,24)25)14-4-6-16(22)7-5-14/h2-9,15,19H,10-12H2,1H3,(H,26,29). The Morgan fingerprint density at radius 3 is 2.37 bits per heavy atom. The Balaban J connectivity index is 1.66. The fourth-order valence-electron chi connectivity index (χ4n) is 3.32. The summed E-state index contributed by atoms with van der Waals surface area (Å²) in [6.07, 6.45) is -4.94. The van der Waals surface area contributed by atoms with Gasteiger partial charge < -0.3 is 15.0 Å². The van der Waals surface area contributed by atoms with Crippen molar-refractivity contribution in [1.82, 2.24) is 10.2 Å². The van der Waals surface area contributed by atoms with Crippen molar-refractivity contribution in [3.8, 4) is 5.75 Å². The first-order chi connectivity index (χ1) is 14.2. The number of nitrogens with zero attached hydrogens (tertiary/aromatic N) is 1. The molecule has 2 amide bonds. The van der Waals surface area contributed by atoms with Crippen LogP contribution >= 0.6 is 0 Å². The van der Waals surface area contributed by atoms with Crippen molar-refractivity contribution in [1.29, 1.82) is 0 Å². The van der Waals surface area contributed by atoms with E-state index in [9.17, 15) is 27.2 Å². The summed E-state index contributed by atoms with van der Waals surface area (Å²) in [7, 11) is 1.53. The summed E-state index contributed by atoms with van der Waals surface area (Å²) in [5, 5.41) is 1.97. The lowest BCUT2D eigenvalue weighted by Gasteiger charge is -2.24. The van der Waals surface area contributed by atoms with E-state index in [0.717, 1.165) is 29.8 Å². The molecule has 2 aromatic rings. The van der Waals surface area contributed by atoms with E-state index in [2.05, 4.69) is 0 Å². The van der Waals surface area contributed by atoms with Gasteiger partial charge in [0.25, 0.3) is 0 Å². The summed E-state index contributed by atoms with van der Waals surface area (Å²) in [6.45, 7) is 0.262. The van der Waals surface area contributed by atoms with Gasteiger partial charge in [-0.25, -0.2) is 4.39 Å². The maximum absolute atomic E-state index is 13.5. The summed E-state index contributed by atoms with van der Waals surface area (Å²) in [4.78, 5) is 26.2. The lowest BCUT2D eigenvalue weighted by molar-refractivity contribution is -0.164. The van der Waals surface area contributed by atoms with Crippen LogP contribution in [0.2, 0.25) is 0 Å². The van der Waals surface area contributed by atoms with Gasteiger partial charge in [0, 0.05) is 19.5 Å². The summed E-state index contributed by atoms with van der Waals surface area (Å²) < 4.78 is 58.5. The molecule has 9 heteroatoms. The van der Waals surface area contributed by atoms with Gasteiger partial charge in [0.2, 0.25) is 11.8 Å². The average Bonchev–Trinajstić information content (AvgIpc) is 3.07. The molecule has 1 aliphatic heterocycles. The van der Waals surface area contributed by atoms with Crippen molar-refractivity contribution in [3.05, 3.63) is 65.5 Å². The van der Waals surface area contributed by atoms with E-state index < -0.39 is 29.9 Å². The Morgan fingerprint density at radius 1 is 1.17 bits per heavy atom. The minimum Gasteiger partial charge on any atom is -0.497 e. The molecule has 0 saturated carbocycles. The number of hydrogen-bond donors (Lipinski definition) is 1. The van der Waals surface area contributed by atoms with E-state index in [4.69, 9.17) is 4.74 Å². The molecule has 1 saturated heterocycles. The predicted octanol–water partition coefficient (Wildman–Crippen LogP) is 3.60. The van der Waals surface area contributed by atoms with Gasteiger partial charge in [-0.15, -0.1) is 0 Å². The molecule has 2 aromatic carbocycles. The first-order valence-corrected chi connectivity index (χ1v) is 9.20. The molecule has 5 nitrogen and oxygen atoms in total. The highest BCUT2D eigenvalue weighted by Gasteiger charge is 2.44. The predicted molar refractivity (Wildman–Crippen MR) is 99.9 cm³/mol. The molecule has 30 heavy (non-hydrogen) atoms. The number of amides is 2. The highest BCUT2D eigenvalue weighted by atomic mass is 19.4. The largest absolute Gasteiger partial charge is 0.497 e. The van der Waals surface area contributed by atoms with Crippen molar-refractivity contribution in [2.24, 2.45) is 5.92 Å². The van der Waals surface area contributed by atoms with Gasteiger partial charge in [0.1, 0.15) is 11.6 Å². The van der Waals surface area contributed by atoms with Crippen molar-refractivity contribution < 1.29 is 31.9 Å². The van der Waals surface area contributed by atoms with Crippen LogP contribution < -0.4 is 10.1 Å². The third-order valence-corrected chi connectivity index (χ3v) is 4.94. The number of alkyl halides is 3. The van der Waals surface area contributed by atoms with Gasteiger partial charge in [0.15, 0.2) is 6.04 Å². The molecule has 2 unspecified atom stereocenters. The molecule has 0 bridgehead atoms. The lowest BCUT2D eigenvalue weighted by Crippen LogP contribution is -2.41. The number of halogens is 4. The van der Waals surface area contributed by atoms with Crippen LogP contribution in [0.15, 0.2) is 48.5 Å². The second kappa shape index (κ2) is 8.73. The number of nitrogens with one attached hydrogen (secondary N) is 1.